The minimum absolute atomic E-state index is 0.0564. The van der Waals surface area contributed by atoms with Crippen LogP contribution >= 0.6 is 11.3 Å². The topological polar surface area (TPSA) is 106 Å². The molecule has 0 spiro atoms. The largest absolute Gasteiger partial charge is 0.405 e. The van der Waals surface area contributed by atoms with E-state index in [0.717, 1.165) is 16.0 Å². The maximum atomic E-state index is 13.3. The van der Waals surface area contributed by atoms with E-state index < -0.39 is 30.8 Å². The summed E-state index contributed by atoms with van der Waals surface area (Å²) < 4.78 is 38.5. The molecule has 2 aromatic carbocycles. The molecule has 12 heteroatoms. The second-order valence-electron chi connectivity index (χ2n) is 9.17. The van der Waals surface area contributed by atoms with Crippen molar-refractivity contribution in [1.29, 1.82) is 0 Å². The molecular formula is C25H27F3N4O4S. The van der Waals surface area contributed by atoms with Gasteiger partial charge in [-0.25, -0.2) is 0 Å². The predicted molar refractivity (Wildman–Crippen MR) is 134 cm³/mol. The number of carbonyl (C=O) groups excluding carboxylic acids is 2. The number of nitrogens with zero attached hydrogens (tertiary/aromatic N) is 2. The molecule has 2 amide bonds. The number of rotatable bonds is 8. The summed E-state index contributed by atoms with van der Waals surface area (Å²) in [6, 6.07) is 11.0. The van der Waals surface area contributed by atoms with Crippen molar-refractivity contribution in [2.75, 3.05) is 33.2 Å². The maximum absolute atomic E-state index is 13.3. The number of amides is 2. The van der Waals surface area contributed by atoms with Gasteiger partial charge < -0.3 is 20.3 Å². The summed E-state index contributed by atoms with van der Waals surface area (Å²) in [6.07, 6.45) is -4.34. The fourth-order valence-electron chi connectivity index (χ4n) is 4.43. The molecule has 1 aromatic heterocycles. The van der Waals surface area contributed by atoms with E-state index in [1.807, 2.05) is 10.2 Å². The predicted octanol–water partition coefficient (Wildman–Crippen LogP) is 2.69. The molecular weight excluding hydrogens is 509 g/mol. The quantitative estimate of drug-likeness (QED) is 0.411. The van der Waals surface area contributed by atoms with Crippen molar-refractivity contribution in [2.24, 2.45) is 0 Å². The highest BCUT2D eigenvalue weighted by molar-refractivity contribution is 7.16. The number of aliphatic hydroxyl groups is 1. The Labute approximate surface area is 214 Å². The van der Waals surface area contributed by atoms with E-state index in [0.29, 0.717) is 42.7 Å². The third kappa shape index (κ3) is 6.96. The van der Waals surface area contributed by atoms with Gasteiger partial charge in [0.2, 0.25) is 5.91 Å². The van der Waals surface area contributed by atoms with Crippen LogP contribution in [-0.4, -0.2) is 77.2 Å². The van der Waals surface area contributed by atoms with Crippen LogP contribution in [0.2, 0.25) is 0 Å². The van der Waals surface area contributed by atoms with Crippen molar-refractivity contribution in [1.82, 2.24) is 20.1 Å². The fourth-order valence-corrected chi connectivity index (χ4v) is 5.14. The first-order valence-corrected chi connectivity index (χ1v) is 12.5. The van der Waals surface area contributed by atoms with Gasteiger partial charge in [-0.3, -0.25) is 19.3 Å². The first kappa shape index (κ1) is 26.8. The molecule has 4 rings (SSSR count). The van der Waals surface area contributed by atoms with E-state index in [-0.39, 0.29) is 22.8 Å². The number of thiazole rings is 1. The number of nitrogens with one attached hydrogen (secondary N) is 2. The van der Waals surface area contributed by atoms with E-state index >= 15 is 0 Å². The van der Waals surface area contributed by atoms with Crippen molar-refractivity contribution in [2.45, 2.75) is 31.2 Å². The van der Waals surface area contributed by atoms with Gasteiger partial charge in [-0.05, 0) is 41.8 Å². The molecule has 3 N–H and O–H groups in total. The first-order chi connectivity index (χ1) is 17.5. The number of aromatic nitrogens is 1. The van der Waals surface area contributed by atoms with Crippen LogP contribution in [0.4, 0.5) is 13.2 Å². The molecule has 198 valence electrons. The number of fused-ring (bicyclic) bond motifs is 1. The van der Waals surface area contributed by atoms with Crippen LogP contribution in [0.3, 0.4) is 0 Å². The van der Waals surface area contributed by atoms with Gasteiger partial charge in [-0.15, -0.1) is 0 Å². The molecule has 1 aliphatic rings. The second kappa shape index (κ2) is 11.0. The molecule has 2 atom stereocenters. The average molecular weight is 537 g/mol. The molecule has 1 aliphatic heterocycles. The summed E-state index contributed by atoms with van der Waals surface area (Å²) in [5, 5.41) is 11.8. The van der Waals surface area contributed by atoms with Crippen LogP contribution in [0.5, 0.6) is 0 Å². The lowest BCUT2D eigenvalue weighted by Crippen LogP contribution is -2.40. The Balaban J connectivity index is 1.56. The maximum Gasteiger partial charge on any atom is 0.405 e. The summed E-state index contributed by atoms with van der Waals surface area (Å²) >= 11 is 1.09. The van der Waals surface area contributed by atoms with Crippen molar-refractivity contribution >= 4 is 33.4 Å². The van der Waals surface area contributed by atoms with Crippen LogP contribution in [0, 0.1) is 0 Å². The lowest BCUT2D eigenvalue weighted by Gasteiger charge is -2.32. The van der Waals surface area contributed by atoms with E-state index in [1.54, 1.807) is 42.3 Å². The number of benzene rings is 2. The van der Waals surface area contributed by atoms with Gasteiger partial charge in [-0.1, -0.05) is 29.5 Å². The van der Waals surface area contributed by atoms with Crippen molar-refractivity contribution < 1.29 is 27.9 Å². The molecule has 2 heterocycles. The minimum atomic E-state index is -4.53. The Hall–Kier alpha value is -3.22. The molecule has 8 nitrogen and oxygen atoms in total. The third-order valence-electron chi connectivity index (χ3n) is 6.36. The van der Waals surface area contributed by atoms with Gasteiger partial charge in [-0.2, -0.15) is 13.2 Å². The standard InChI is InChI=1S/C25H27F3N4O4S/c1-31(22(34)10-15-5-6-21-19(9-15)30-24(36)37-21)20(13-32-8-7-18(33)12-32)16-3-2-4-17(11-16)23(35)29-14-25(26,27)28/h2-6,9,11,18,20,33H,7-8,10,12-14H2,1H3,(H,29,35)(H,30,36)/t18-,20+/m0/s1. The second-order valence-corrected chi connectivity index (χ2v) is 10.2. The average Bonchev–Trinajstić information content (AvgIpc) is 3.43. The molecule has 0 unspecified atom stereocenters. The monoisotopic (exact) mass is 536 g/mol. The van der Waals surface area contributed by atoms with Crippen LogP contribution in [-0.2, 0) is 11.2 Å². The van der Waals surface area contributed by atoms with Crippen molar-refractivity contribution in [3.63, 3.8) is 0 Å². The Morgan fingerprint density at radius 2 is 2.05 bits per heavy atom. The van der Waals surface area contributed by atoms with Crippen molar-refractivity contribution in [3.8, 4) is 0 Å². The molecule has 0 radical (unpaired) electrons. The molecule has 1 fully saturated rings. The Kier molecular flexibility index (Phi) is 8.00. The Morgan fingerprint density at radius 1 is 1.27 bits per heavy atom. The Morgan fingerprint density at radius 3 is 2.76 bits per heavy atom. The minimum Gasteiger partial charge on any atom is -0.392 e. The molecule has 0 bridgehead atoms. The lowest BCUT2D eigenvalue weighted by molar-refractivity contribution is -0.131. The molecule has 0 saturated carbocycles. The Bertz CT molecular complexity index is 1340. The number of carbonyl (C=O) groups is 2. The SMILES string of the molecule is CN(C(=O)Cc1ccc2sc(=O)[nH]c2c1)[C@H](CN1CC[C@H](O)C1)c1cccc(C(=O)NCC(F)(F)F)c1. The zero-order valence-electron chi connectivity index (χ0n) is 20.0. The van der Waals surface area contributed by atoms with Crippen LogP contribution in [0.15, 0.2) is 47.3 Å². The van der Waals surface area contributed by atoms with E-state index in [9.17, 15) is 32.7 Å². The number of likely N-dealkylation sites (tertiary alicyclic amines) is 1. The summed E-state index contributed by atoms with van der Waals surface area (Å²) in [5.74, 6) is -1.07. The van der Waals surface area contributed by atoms with Gasteiger partial charge in [0.1, 0.15) is 6.54 Å². The smallest absolute Gasteiger partial charge is 0.392 e. The summed E-state index contributed by atoms with van der Waals surface area (Å²) in [5.41, 5.74) is 2.02. The van der Waals surface area contributed by atoms with Crippen LogP contribution < -0.4 is 10.2 Å². The summed E-state index contributed by atoms with van der Waals surface area (Å²) in [7, 11) is 1.64. The highest BCUT2D eigenvalue weighted by Crippen LogP contribution is 2.26. The molecule has 1 saturated heterocycles. The molecule has 3 aromatic rings. The number of H-pyrrole nitrogens is 1. The number of hydrogen-bond donors (Lipinski definition) is 3. The van der Waals surface area contributed by atoms with E-state index in [2.05, 4.69) is 4.98 Å². The normalized spacial score (nSPS) is 17.2. The highest BCUT2D eigenvalue weighted by atomic mass is 32.1. The van der Waals surface area contributed by atoms with Gasteiger partial charge in [0.15, 0.2) is 0 Å². The number of β-amino-alcohol motifs (C(OH)–C–C–N with tert-alkyl or cyclic N) is 1. The summed E-state index contributed by atoms with van der Waals surface area (Å²) in [6.45, 7) is 0.00716. The van der Waals surface area contributed by atoms with Crippen LogP contribution in [0.1, 0.15) is 33.9 Å². The van der Waals surface area contributed by atoms with Gasteiger partial charge in [0, 0.05) is 32.2 Å². The van der Waals surface area contributed by atoms with E-state index in [4.69, 9.17) is 0 Å². The number of aromatic amines is 1. The van der Waals surface area contributed by atoms with Crippen LogP contribution in [0.25, 0.3) is 10.2 Å². The third-order valence-corrected chi connectivity index (χ3v) is 7.22. The lowest BCUT2D eigenvalue weighted by atomic mass is 10.0. The van der Waals surface area contributed by atoms with E-state index in [1.165, 1.54) is 12.1 Å². The van der Waals surface area contributed by atoms with Gasteiger partial charge >= 0.3 is 11.0 Å². The highest BCUT2D eigenvalue weighted by Gasteiger charge is 2.30. The zero-order valence-corrected chi connectivity index (χ0v) is 20.9. The molecule has 0 aliphatic carbocycles. The fraction of sp³-hybridized carbons (Fsp3) is 0.400. The number of halogens is 3. The number of likely N-dealkylation sites (N-methyl/N-ethyl adjacent to an activating group) is 1. The number of hydrogen-bond acceptors (Lipinski definition) is 6. The van der Waals surface area contributed by atoms with Gasteiger partial charge in [0.25, 0.3) is 5.91 Å². The first-order valence-electron chi connectivity index (χ1n) is 11.7. The summed E-state index contributed by atoms with van der Waals surface area (Å²) in [4.78, 5) is 43.4. The van der Waals surface area contributed by atoms with Crippen molar-refractivity contribution in [3.05, 3.63) is 68.8 Å². The van der Waals surface area contributed by atoms with Gasteiger partial charge in [0.05, 0.1) is 28.8 Å². The number of aliphatic hydroxyl groups excluding tert-OH is 1. The zero-order chi connectivity index (χ0) is 26.7. The molecule has 37 heavy (non-hydrogen) atoms. The number of alkyl halides is 3.